The minimum Gasteiger partial charge on any atom is -0.508 e. The summed E-state index contributed by atoms with van der Waals surface area (Å²) in [5.74, 6) is 0.453. The number of rotatable bonds is 36. The van der Waals surface area contributed by atoms with Crippen LogP contribution in [-0.2, 0) is 17.4 Å². The lowest BCUT2D eigenvalue weighted by atomic mass is 9.94. The number of benzene rings is 1. The van der Waals surface area contributed by atoms with E-state index in [4.69, 9.17) is 4.52 Å². The number of phosphoric ester groups is 1. The molecule has 0 atom stereocenters. The standard InChI is InChI=1S/C42H79O5P/c1-3-5-7-9-11-13-15-17-19-21-23-25-27-29-31-33-35-39-40(42(38-37-41(39)43)47-48(44,45)46)36-34-32-30-28-26-24-22-20-18-16-14-12-10-8-6-4-2/h37-38,43H,3-36H2,1-2H3,(H2,44,45,46). The van der Waals surface area contributed by atoms with E-state index in [1.165, 1.54) is 192 Å². The van der Waals surface area contributed by atoms with Crippen LogP contribution < -0.4 is 4.52 Å². The first-order chi connectivity index (χ1) is 23.4. The molecule has 0 radical (unpaired) electrons. The highest BCUT2D eigenvalue weighted by atomic mass is 31.2. The van der Waals surface area contributed by atoms with Gasteiger partial charge in [0.2, 0.25) is 0 Å². The van der Waals surface area contributed by atoms with Gasteiger partial charge in [-0.15, -0.1) is 0 Å². The van der Waals surface area contributed by atoms with Gasteiger partial charge in [0.1, 0.15) is 11.5 Å². The fourth-order valence-electron chi connectivity index (χ4n) is 7.13. The summed E-state index contributed by atoms with van der Waals surface area (Å²) < 4.78 is 16.8. The molecule has 6 heteroatoms. The molecule has 0 aliphatic carbocycles. The second-order valence-electron chi connectivity index (χ2n) is 14.7. The lowest BCUT2D eigenvalue weighted by Gasteiger charge is -2.17. The zero-order valence-corrected chi connectivity index (χ0v) is 32.7. The third-order valence-electron chi connectivity index (χ3n) is 10.1. The number of phenols is 1. The summed E-state index contributed by atoms with van der Waals surface area (Å²) >= 11 is 0. The Hall–Kier alpha value is -1.03. The first-order valence-corrected chi connectivity index (χ1v) is 22.5. The number of phenolic OH excluding ortho intramolecular Hbond substituents is 1. The number of aromatic hydroxyl groups is 1. The van der Waals surface area contributed by atoms with Gasteiger partial charge in [-0.1, -0.05) is 206 Å². The van der Waals surface area contributed by atoms with Gasteiger partial charge in [0.25, 0.3) is 0 Å². The van der Waals surface area contributed by atoms with Crippen LogP contribution in [-0.4, -0.2) is 14.9 Å². The monoisotopic (exact) mass is 695 g/mol. The van der Waals surface area contributed by atoms with Crippen LogP contribution in [0.2, 0.25) is 0 Å². The first kappa shape index (κ1) is 45.0. The van der Waals surface area contributed by atoms with Crippen LogP contribution in [0.5, 0.6) is 11.5 Å². The Morgan fingerprint density at radius 2 is 0.708 bits per heavy atom. The summed E-state index contributed by atoms with van der Waals surface area (Å²) in [6.07, 6.45) is 43.4. The molecule has 3 N–H and O–H groups in total. The van der Waals surface area contributed by atoms with Crippen molar-refractivity contribution in [1.29, 1.82) is 0 Å². The van der Waals surface area contributed by atoms with E-state index in [2.05, 4.69) is 13.8 Å². The van der Waals surface area contributed by atoms with Crippen LogP contribution in [0.3, 0.4) is 0 Å². The molecule has 0 aromatic heterocycles. The summed E-state index contributed by atoms with van der Waals surface area (Å²) in [4.78, 5) is 19.0. The Labute approximate surface area is 298 Å². The summed E-state index contributed by atoms with van der Waals surface area (Å²) in [7, 11) is -4.67. The third-order valence-corrected chi connectivity index (χ3v) is 10.6. The van der Waals surface area contributed by atoms with Crippen LogP contribution >= 0.6 is 7.82 Å². The molecule has 0 fully saturated rings. The molecular formula is C42H79O5P. The van der Waals surface area contributed by atoms with Crippen molar-refractivity contribution in [2.45, 2.75) is 232 Å². The van der Waals surface area contributed by atoms with Gasteiger partial charge in [0.05, 0.1) is 0 Å². The summed E-state index contributed by atoms with van der Waals surface area (Å²) in [5.41, 5.74) is 1.59. The van der Waals surface area contributed by atoms with Crippen molar-refractivity contribution in [3.05, 3.63) is 23.3 Å². The second kappa shape index (κ2) is 31.9. The van der Waals surface area contributed by atoms with Gasteiger partial charge in [-0.2, -0.15) is 0 Å². The summed E-state index contributed by atoms with van der Waals surface area (Å²) in [5, 5.41) is 10.7. The topological polar surface area (TPSA) is 87.0 Å². The molecule has 1 rings (SSSR count). The predicted octanol–water partition coefficient (Wildman–Crippen LogP) is 14.5. The molecule has 5 nitrogen and oxygen atoms in total. The number of unbranched alkanes of at least 4 members (excludes halogenated alkanes) is 30. The molecule has 0 saturated heterocycles. The van der Waals surface area contributed by atoms with Crippen LogP contribution in [0.1, 0.15) is 230 Å². The maximum Gasteiger partial charge on any atom is 0.524 e. The van der Waals surface area contributed by atoms with Crippen molar-refractivity contribution >= 4 is 7.82 Å². The summed E-state index contributed by atoms with van der Waals surface area (Å²) in [6, 6.07) is 3.05. The molecule has 48 heavy (non-hydrogen) atoms. The maximum atomic E-state index is 11.7. The van der Waals surface area contributed by atoms with Crippen molar-refractivity contribution in [2.24, 2.45) is 0 Å². The fraction of sp³-hybridized carbons (Fsp3) is 0.857. The van der Waals surface area contributed by atoms with Gasteiger partial charge in [-0.05, 0) is 37.8 Å². The van der Waals surface area contributed by atoms with E-state index in [0.717, 1.165) is 43.2 Å². The first-order valence-electron chi connectivity index (χ1n) is 21.0. The van der Waals surface area contributed by atoms with Gasteiger partial charge in [-0.3, -0.25) is 9.79 Å². The molecule has 1 aromatic rings. The Bertz CT molecular complexity index is 898. The molecule has 0 aliphatic heterocycles. The van der Waals surface area contributed by atoms with E-state index in [1.807, 2.05) is 0 Å². The molecule has 0 amide bonds. The average molecular weight is 695 g/mol. The van der Waals surface area contributed by atoms with E-state index in [0.29, 0.717) is 6.42 Å². The van der Waals surface area contributed by atoms with Crippen molar-refractivity contribution in [1.82, 2.24) is 0 Å². The van der Waals surface area contributed by atoms with Crippen molar-refractivity contribution in [3.8, 4) is 11.5 Å². The predicted molar refractivity (Wildman–Crippen MR) is 207 cm³/mol. The minimum atomic E-state index is -4.67. The van der Waals surface area contributed by atoms with Crippen LogP contribution in [0.25, 0.3) is 0 Å². The van der Waals surface area contributed by atoms with E-state index in [1.54, 1.807) is 0 Å². The second-order valence-corrected chi connectivity index (χ2v) is 15.9. The van der Waals surface area contributed by atoms with Crippen LogP contribution in [0, 0.1) is 0 Å². The fourth-order valence-corrected chi connectivity index (χ4v) is 7.55. The molecule has 282 valence electrons. The number of hydrogen-bond donors (Lipinski definition) is 3. The molecular weight excluding hydrogens is 615 g/mol. The largest absolute Gasteiger partial charge is 0.524 e. The van der Waals surface area contributed by atoms with Crippen LogP contribution in [0.15, 0.2) is 12.1 Å². The lowest BCUT2D eigenvalue weighted by Crippen LogP contribution is -2.02. The SMILES string of the molecule is CCCCCCCCCCCCCCCCCCc1c(O)ccc(OP(=O)(O)O)c1CCCCCCCCCCCCCCCCCC. The molecule has 0 saturated carbocycles. The zero-order chi connectivity index (χ0) is 35.0. The Balaban J connectivity index is 2.25. The number of hydrogen-bond acceptors (Lipinski definition) is 3. The van der Waals surface area contributed by atoms with E-state index in [-0.39, 0.29) is 11.5 Å². The van der Waals surface area contributed by atoms with Crippen molar-refractivity contribution in [2.75, 3.05) is 0 Å². The molecule has 0 aliphatic rings. The summed E-state index contributed by atoms with van der Waals surface area (Å²) in [6.45, 7) is 4.55. The molecule has 0 heterocycles. The van der Waals surface area contributed by atoms with Gasteiger partial charge in [0, 0.05) is 11.1 Å². The smallest absolute Gasteiger partial charge is 0.508 e. The number of phosphoric acid groups is 1. The highest BCUT2D eigenvalue weighted by molar-refractivity contribution is 7.46. The van der Waals surface area contributed by atoms with Gasteiger partial charge in [0.15, 0.2) is 0 Å². The Kier molecular flexibility index (Phi) is 29.9. The molecule has 0 spiro atoms. The van der Waals surface area contributed by atoms with Gasteiger partial charge in [-0.25, -0.2) is 4.57 Å². The van der Waals surface area contributed by atoms with Gasteiger partial charge < -0.3 is 9.63 Å². The third kappa shape index (κ3) is 26.8. The minimum absolute atomic E-state index is 0.223. The average Bonchev–Trinajstić information content (AvgIpc) is 3.05. The highest BCUT2D eigenvalue weighted by Crippen LogP contribution is 2.42. The Morgan fingerprint density at radius 1 is 0.438 bits per heavy atom. The maximum absolute atomic E-state index is 11.7. The molecule has 0 unspecified atom stereocenters. The Morgan fingerprint density at radius 3 is 1.00 bits per heavy atom. The zero-order valence-electron chi connectivity index (χ0n) is 31.8. The highest BCUT2D eigenvalue weighted by Gasteiger charge is 2.21. The van der Waals surface area contributed by atoms with Crippen LogP contribution in [0.4, 0.5) is 0 Å². The van der Waals surface area contributed by atoms with E-state index < -0.39 is 7.82 Å². The normalized spacial score (nSPS) is 11.8. The quantitative estimate of drug-likeness (QED) is 0.0481. The lowest BCUT2D eigenvalue weighted by molar-refractivity contribution is 0.281. The van der Waals surface area contributed by atoms with E-state index in [9.17, 15) is 19.5 Å². The van der Waals surface area contributed by atoms with Crippen molar-refractivity contribution in [3.63, 3.8) is 0 Å². The molecule has 1 aromatic carbocycles. The van der Waals surface area contributed by atoms with Crippen molar-refractivity contribution < 1.29 is 24.0 Å². The van der Waals surface area contributed by atoms with E-state index >= 15 is 0 Å². The molecule has 0 bridgehead atoms. The van der Waals surface area contributed by atoms with Gasteiger partial charge >= 0.3 is 7.82 Å².